The van der Waals surface area contributed by atoms with Gasteiger partial charge < -0.3 is 25.2 Å². The summed E-state index contributed by atoms with van der Waals surface area (Å²) in [5, 5.41) is 48.4. The first-order chi connectivity index (χ1) is 14.4. The molecule has 2 aliphatic rings. The molecule has 5 atom stereocenters. The van der Waals surface area contributed by atoms with Gasteiger partial charge in [0.25, 0.3) is 0 Å². The zero-order chi connectivity index (χ0) is 21.4. The minimum absolute atomic E-state index is 0.125. The van der Waals surface area contributed by atoms with E-state index in [1.165, 1.54) is 17.5 Å². The molecule has 4 N–H and O–H groups in total. The molecule has 0 saturated carbocycles. The first-order valence-corrected chi connectivity index (χ1v) is 10.9. The van der Waals surface area contributed by atoms with Gasteiger partial charge in [-0.2, -0.15) is 10.2 Å². The van der Waals surface area contributed by atoms with E-state index in [2.05, 4.69) is 20.2 Å². The van der Waals surface area contributed by atoms with Gasteiger partial charge >= 0.3 is 0 Å². The number of ether oxygens (including phenoxy) is 1. The van der Waals surface area contributed by atoms with E-state index in [0.717, 1.165) is 11.3 Å². The molecule has 2 aliphatic heterocycles. The van der Waals surface area contributed by atoms with Crippen molar-refractivity contribution < 1.29 is 30.0 Å². The minimum atomic E-state index is -1.44. The lowest BCUT2D eigenvalue weighted by Crippen LogP contribution is -2.58. The van der Waals surface area contributed by atoms with Crippen LogP contribution < -0.4 is 0 Å². The zero-order valence-electron chi connectivity index (χ0n) is 15.9. The number of aromatic nitrogens is 2. The Balaban J connectivity index is 1.49. The molecular weight excluding hydrogens is 432 g/mol. The molecule has 1 fully saturated rings. The van der Waals surface area contributed by atoms with Crippen molar-refractivity contribution in [2.75, 3.05) is 13.2 Å². The number of rotatable bonds is 6. The van der Waals surface area contributed by atoms with Crippen molar-refractivity contribution in [3.05, 3.63) is 37.7 Å². The van der Waals surface area contributed by atoms with Gasteiger partial charge in [0, 0.05) is 12.6 Å². The normalized spacial score (nSPS) is 28.7. The van der Waals surface area contributed by atoms with Gasteiger partial charge in [0.1, 0.15) is 35.1 Å². The van der Waals surface area contributed by atoms with Crippen LogP contribution in [0.25, 0.3) is 5.70 Å². The van der Waals surface area contributed by atoms with Crippen LogP contribution in [0.2, 0.25) is 0 Å². The van der Waals surface area contributed by atoms with E-state index in [9.17, 15) is 25.2 Å². The summed E-state index contributed by atoms with van der Waals surface area (Å²) >= 11 is 2.41. The van der Waals surface area contributed by atoms with E-state index in [4.69, 9.17) is 4.74 Å². The zero-order valence-corrected chi connectivity index (χ0v) is 17.5. The van der Waals surface area contributed by atoms with Gasteiger partial charge in [-0.1, -0.05) is 0 Å². The standard InChI is InChI=1S/C18H20N4O6S2/c1-7-17(30-18(21-7)8-2-3-20-22-8)15(26)11-5-19-12(29-11)4-9-13(24)16(27)14(25)10(6-23)28-9/h2,5,9-10,13-14,16,23-25,27H,3-4,6H2,1H3/t9-,10-,13-,14-,16-/m1/s1. The van der Waals surface area contributed by atoms with Crippen LogP contribution in [0.5, 0.6) is 0 Å². The monoisotopic (exact) mass is 452 g/mol. The molecule has 0 unspecified atom stereocenters. The summed E-state index contributed by atoms with van der Waals surface area (Å²) in [5.74, 6) is -0.204. The first kappa shape index (κ1) is 21.3. The van der Waals surface area contributed by atoms with Crippen LogP contribution in [0, 0.1) is 6.92 Å². The summed E-state index contributed by atoms with van der Waals surface area (Å²) in [6.45, 7) is 1.77. The van der Waals surface area contributed by atoms with Crippen LogP contribution in [-0.4, -0.2) is 79.8 Å². The minimum Gasteiger partial charge on any atom is -0.394 e. The van der Waals surface area contributed by atoms with Crippen molar-refractivity contribution in [2.24, 2.45) is 10.2 Å². The number of aryl methyl sites for hydroxylation is 1. The topological polar surface area (TPSA) is 158 Å². The highest BCUT2D eigenvalue weighted by Crippen LogP contribution is 2.31. The van der Waals surface area contributed by atoms with Gasteiger partial charge in [-0.05, 0) is 13.0 Å². The lowest BCUT2D eigenvalue weighted by molar-refractivity contribution is -0.228. The predicted octanol–water partition coefficient (Wildman–Crippen LogP) is 0.331. The molecule has 4 rings (SSSR count). The molecule has 160 valence electrons. The number of hydrogen-bond donors (Lipinski definition) is 4. The van der Waals surface area contributed by atoms with E-state index < -0.39 is 37.1 Å². The molecule has 0 radical (unpaired) electrons. The fourth-order valence-electron chi connectivity index (χ4n) is 3.27. The van der Waals surface area contributed by atoms with Gasteiger partial charge in [-0.3, -0.25) is 4.79 Å². The maximum atomic E-state index is 12.9. The molecule has 2 aromatic heterocycles. The van der Waals surface area contributed by atoms with Crippen molar-refractivity contribution in [3.8, 4) is 0 Å². The van der Waals surface area contributed by atoms with Crippen LogP contribution in [0.15, 0.2) is 22.5 Å². The number of thiazole rings is 2. The van der Waals surface area contributed by atoms with Crippen LogP contribution in [0.1, 0.15) is 30.3 Å². The quantitative estimate of drug-likeness (QED) is 0.457. The third kappa shape index (κ3) is 3.99. The van der Waals surface area contributed by atoms with Gasteiger partial charge in [-0.25, -0.2) is 9.97 Å². The smallest absolute Gasteiger partial charge is 0.216 e. The number of carbonyl (C=O) groups excluding carboxylic acids is 1. The third-order valence-electron chi connectivity index (χ3n) is 4.91. The second-order valence-corrected chi connectivity index (χ2v) is 9.08. The lowest BCUT2D eigenvalue weighted by atomic mass is 9.94. The Kier molecular flexibility index (Phi) is 6.16. The van der Waals surface area contributed by atoms with Crippen molar-refractivity contribution in [2.45, 2.75) is 43.9 Å². The van der Waals surface area contributed by atoms with Crippen molar-refractivity contribution >= 4 is 34.2 Å². The Hall–Kier alpha value is -1.93. The number of aliphatic hydroxyl groups excluding tert-OH is 4. The summed E-state index contributed by atoms with van der Waals surface area (Å²) < 4.78 is 5.51. The molecule has 4 heterocycles. The van der Waals surface area contributed by atoms with Crippen molar-refractivity contribution in [1.82, 2.24) is 9.97 Å². The molecule has 0 amide bonds. The fourth-order valence-corrected chi connectivity index (χ4v) is 5.25. The highest BCUT2D eigenvalue weighted by Gasteiger charge is 2.43. The van der Waals surface area contributed by atoms with Gasteiger partial charge in [0.2, 0.25) is 5.78 Å². The summed E-state index contributed by atoms with van der Waals surface area (Å²) in [6, 6.07) is 0. The van der Waals surface area contributed by atoms with Crippen LogP contribution in [0.3, 0.4) is 0 Å². The average molecular weight is 453 g/mol. The number of carbonyl (C=O) groups is 1. The number of hydrogen-bond acceptors (Lipinski definition) is 12. The van der Waals surface area contributed by atoms with E-state index in [-0.39, 0.29) is 12.2 Å². The predicted molar refractivity (Wildman–Crippen MR) is 108 cm³/mol. The summed E-state index contributed by atoms with van der Waals surface area (Å²) in [4.78, 5) is 22.5. The SMILES string of the molecule is Cc1nc(C2=CCN=N2)sc1C(=O)c1cnc(C[C@H]2O[C@H](CO)[C@@H](O)[C@H](O)[C@@H]2O)s1. The highest BCUT2D eigenvalue weighted by molar-refractivity contribution is 7.17. The number of nitrogens with zero attached hydrogens (tertiary/aromatic N) is 4. The molecule has 1 saturated heterocycles. The molecule has 0 aliphatic carbocycles. The summed E-state index contributed by atoms with van der Waals surface area (Å²) in [7, 11) is 0. The van der Waals surface area contributed by atoms with Gasteiger partial charge in [0.05, 0.1) is 39.7 Å². The number of azo groups is 1. The second-order valence-electron chi connectivity index (χ2n) is 6.97. The molecule has 0 aromatic carbocycles. The molecule has 10 nitrogen and oxygen atoms in total. The van der Waals surface area contributed by atoms with Crippen LogP contribution >= 0.6 is 22.7 Å². The van der Waals surface area contributed by atoms with Gasteiger partial charge in [0.15, 0.2) is 0 Å². The molecular formula is C18H20N4O6S2. The Morgan fingerprint density at radius 3 is 2.67 bits per heavy atom. The maximum absolute atomic E-state index is 12.9. The average Bonchev–Trinajstić information content (AvgIpc) is 3.48. The number of aliphatic hydroxyl groups is 4. The first-order valence-electron chi connectivity index (χ1n) is 9.24. The molecule has 0 spiro atoms. The van der Waals surface area contributed by atoms with E-state index >= 15 is 0 Å². The molecule has 30 heavy (non-hydrogen) atoms. The molecule has 12 heteroatoms. The Bertz CT molecular complexity index is 1000. The second kappa shape index (κ2) is 8.67. The highest BCUT2D eigenvalue weighted by atomic mass is 32.1. The lowest BCUT2D eigenvalue weighted by Gasteiger charge is -2.39. The van der Waals surface area contributed by atoms with Gasteiger partial charge in [-0.15, -0.1) is 22.7 Å². The van der Waals surface area contributed by atoms with Crippen LogP contribution in [-0.2, 0) is 11.2 Å². The molecule has 0 bridgehead atoms. The van der Waals surface area contributed by atoms with Crippen LogP contribution in [0.4, 0.5) is 0 Å². The van der Waals surface area contributed by atoms with E-state index in [1.807, 2.05) is 6.08 Å². The summed E-state index contributed by atoms with van der Waals surface area (Å²) in [6.07, 6.45) is -2.61. The largest absolute Gasteiger partial charge is 0.394 e. The summed E-state index contributed by atoms with van der Waals surface area (Å²) in [5.41, 5.74) is 1.27. The van der Waals surface area contributed by atoms with Crippen molar-refractivity contribution in [1.29, 1.82) is 0 Å². The Labute approximate surface area is 179 Å². The Morgan fingerprint density at radius 1 is 1.20 bits per heavy atom. The third-order valence-corrected chi connectivity index (χ3v) is 7.11. The van der Waals surface area contributed by atoms with E-state index in [0.29, 0.717) is 37.7 Å². The number of ketones is 1. The maximum Gasteiger partial charge on any atom is 0.216 e. The molecule has 2 aromatic rings. The van der Waals surface area contributed by atoms with Crippen molar-refractivity contribution in [3.63, 3.8) is 0 Å². The van der Waals surface area contributed by atoms with E-state index in [1.54, 1.807) is 6.92 Å². The Morgan fingerprint density at radius 2 is 1.97 bits per heavy atom. The fraction of sp³-hybridized carbons (Fsp3) is 0.500.